The highest BCUT2D eigenvalue weighted by molar-refractivity contribution is 7.89. The van der Waals surface area contributed by atoms with Gasteiger partial charge in [-0.15, -0.1) is 0 Å². The van der Waals surface area contributed by atoms with Gasteiger partial charge in [0.2, 0.25) is 10.0 Å². The fraction of sp³-hybridized carbons (Fsp3) is 0.235. The zero-order chi connectivity index (χ0) is 18.4. The van der Waals surface area contributed by atoms with E-state index in [-0.39, 0.29) is 18.0 Å². The summed E-state index contributed by atoms with van der Waals surface area (Å²) in [5.74, 6) is -0.632. The predicted molar refractivity (Wildman–Crippen MR) is 97.1 cm³/mol. The minimum atomic E-state index is -3.93. The number of hydrogen-bond donors (Lipinski definition) is 0. The number of nitrogens with zero attached hydrogens (tertiary/aromatic N) is 1. The van der Waals surface area contributed by atoms with E-state index in [2.05, 4.69) is 0 Å². The summed E-state index contributed by atoms with van der Waals surface area (Å²) >= 11 is 11.9. The molecule has 25 heavy (non-hydrogen) atoms. The lowest BCUT2D eigenvalue weighted by molar-refractivity contribution is -0.143. The average Bonchev–Trinajstić information content (AvgIpc) is 2.57. The van der Waals surface area contributed by atoms with E-state index in [0.29, 0.717) is 15.6 Å². The van der Waals surface area contributed by atoms with Crippen LogP contribution in [0.1, 0.15) is 12.5 Å². The minimum absolute atomic E-state index is 0.0354. The lowest BCUT2D eigenvalue weighted by Gasteiger charge is -2.22. The first-order valence-corrected chi connectivity index (χ1v) is 9.69. The molecule has 0 saturated heterocycles. The number of ether oxygens (including phenoxy) is 1. The number of benzene rings is 2. The summed E-state index contributed by atoms with van der Waals surface area (Å²) in [6.07, 6.45) is 0. The normalized spacial score (nSPS) is 11.5. The molecule has 0 aliphatic heterocycles. The Balaban J connectivity index is 2.37. The number of carbonyl (C=O) groups is 1. The second-order valence-corrected chi connectivity index (χ2v) is 7.91. The van der Waals surface area contributed by atoms with Crippen molar-refractivity contribution in [1.82, 2.24) is 4.31 Å². The van der Waals surface area contributed by atoms with Crippen molar-refractivity contribution in [3.8, 4) is 0 Å². The number of halogens is 2. The van der Waals surface area contributed by atoms with Crippen molar-refractivity contribution in [2.45, 2.75) is 18.4 Å². The van der Waals surface area contributed by atoms with Gasteiger partial charge in [-0.3, -0.25) is 4.79 Å². The average molecular weight is 402 g/mol. The maximum atomic E-state index is 12.9. The molecule has 2 rings (SSSR count). The molecular weight excluding hydrogens is 385 g/mol. The van der Waals surface area contributed by atoms with Crippen LogP contribution >= 0.6 is 23.2 Å². The minimum Gasteiger partial charge on any atom is -0.465 e. The Labute approximate surface area is 157 Å². The van der Waals surface area contributed by atoms with Gasteiger partial charge in [-0.2, -0.15) is 4.31 Å². The highest BCUT2D eigenvalue weighted by Gasteiger charge is 2.28. The molecule has 0 aliphatic rings. The Kier molecular flexibility index (Phi) is 6.84. The predicted octanol–water partition coefficient (Wildman–Crippen LogP) is 3.75. The van der Waals surface area contributed by atoms with E-state index in [0.717, 1.165) is 4.31 Å². The van der Waals surface area contributed by atoms with Crippen LogP contribution in [0.25, 0.3) is 0 Å². The van der Waals surface area contributed by atoms with Gasteiger partial charge in [0.05, 0.1) is 11.5 Å². The van der Waals surface area contributed by atoms with Crippen molar-refractivity contribution in [1.29, 1.82) is 0 Å². The van der Waals surface area contributed by atoms with E-state index < -0.39 is 22.5 Å². The van der Waals surface area contributed by atoms with Crippen LogP contribution in [-0.4, -0.2) is 31.8 Å². The molecule has 0 amide bonds. The van der Waals surface area contributed by atoms with Gasteiger partial charge in [-0.05, 0) is 42.8 Å². The number of rotatable bonds is 7. The van der Waals surface area contributed by atoms with E-state index in [4.69, 9.17) is 27.9 Å². The molecule has 0 heterocycles. The number of carbonyl (C=O) groups excluding carboxylic acids is 1. The molecule has 0 unspecified atom stereocenters. The maximum Gasteiger partial charge on any atom is 0.321 e. The fourth-order valence-corrected chi connectivity index (χ4v) is 3.83. The van der Waals surface area contributed by atoms with Crippen molar-refractivity contribution in [2.24, 2.45) is 0 Å². The second-order valence-electron chi connectivity index (χ2n) is 5.12. The Hall–Kier alpha value is -1.60. The summed E-state index contributed by atoms with van der Waals surface area (Å²) in [5.41, 5.74) is 0.589. The lowest BCUT2D eigenvalue weighted by atomic mass is 10.2. The van der Waals surface area contributed by atoms with Gasteiger partial charge in [-0.1, -0.05) is 41.4 Å². The first kappa shape index (κ1) is 19.7. The molecule has 0 aliphatic carbocycles. The summed E-state index contributed by atoms with van der Waals surface area (Å²) in [6.45, 7) is 1.36. The third kappa shape index (κ3) is 5.19. The van der Waals surface area contributed by atoms with Crippen molar-refractivity contribution < 1.29 is 17.9 Å². The standard InChI is InChI=1S/C17H17Cl2NO4S/c1-2-24-17(21)12-20(11-13-5-3-4-6-16(13)19)25(22,23)15-9-7-14(18)8-10-15/h3-10H,2,11-12H2,1H3. The molecule has 0 spiro atoms. The monoisotopic (exact) mass is 401 g/mol. The number of sulfonamides is 1. The number of esters is 1. The lowest BCUT2D eigenvalue weighted by Crippen LogP contribution is -2.36. The van der Waals surface area contributed by atoms with Gasteiger partial charge in [0.1, 0.15) is 6.54 Å². The van der Waals surface area contributed by atoms with E-state index in [9.17, 15) is 13.2 Å². The smallest absolute Gasteiger partial charge is 0.321 e. The molecule has 8 heteroatoms. The molecule has 0 radical (unpaired) electrons. The zero-order valence-electron chi connectivity index (χ0n) is 13.5. The summed E-state index contributed by atoms with van der Waals surface area (Å²) in [4.78, 5) is 11.9. The summed E-state index contributed by atoms with van der Waals surface area (Å²) < 4.78 is 31.8. The first-order chi connectivity index (χ1) is 11.8. The van der Waals surface area contributed by atoms with Crippen LogP contribution in [0.3, 0.4) is 0 Å². The Bertz CT molecular complexity index is 838. The fourth-order valence-electron chi connectivity index (χ4n) is 2.15. The van der Waals surface area contributed by atoms with Crippen LogP contribution in [0.2, 0.25) is 10.0 Å². The van der Waals surface area contributed by atoms with Crippen molar-refractivity contribution in [3.63, 3.8) is 0 Å². The SMILES string of the molecule is CCOC(=O)CN(Cc1ccccc1Cl)S(=O)(=O)c1ccc(Cl)cc1. The zero-order valence-corrected chi connectivity index (χ0v) is 15.8. The van der Waals surface area contributed by atoms with Crippen LogP contribution in [0.15, 0.2) is 53.4 Å². The molecule has 2 aromatic carbocycles. The molecular formula is C17H17Cl2NO4S. The first-order valence-electron chi connectivity index (χ1n) is 7.49. The molecule has 0 bridgehead atoms. The van der Waals surface area contributed by atoms with Crippen molar-refractivity contribution in [2.75, 3.05) is 13.2 Å². The molecule has 2 aromatic rings. The molecule has 134 valence electrons. The Morgan fingerprint density at radius 1 is 1.08 bits per heavy atom. The van der Waals surface area contributed by atoms with Crippen LogP contribution in [-0.2, 0) is 26.1 Å². The van der Waals surface area contributed by atoms with Crippen LogP contribution in [0, 0.1) is 0 Å². The largest absolute Gasteiger partial charge is 0.465 e. The molecule has 0 saturated carbocycles. The molecule has 5 nitrogen and oxygen atoms in total. The van der Waals surface area contributed by atoms with E-state index in [1.54, 1.807) is 31.2 Å². The van der Waals surface area contributed by atoms with Gasteiger partial charge < -0.3 is 4.74 Å². The maximum absolute atomic E-state index is 12.9. The molecule has 0 atom stereocenters. The van der Waals surface area contributed by atoms with Crippen molar-refractivity contribution >= 4 is 39.2 Å². The van der Waals surface area contributed by atoms with Crippen LogP contribution < -0.4 is 0 Å². The van der Waals surface area contributed by atoms with E-state index in [1.807, 2.05) is 0 Å². The third-order valence-corrected chi connectivity index (χ3v) is 5.79. The van der Waals surface area contributed by atoms with Gasteiger partial charge in [-0.25, -0.2) is 8.42 Å². The van der Waals surface area contributed by atoms with Crippen LogP contribution in [0.4, 0.5) is 0 Å². The quantitative estimate of drug-likeness (QED) is 0.662. The summed E-state index contributed by atoms with van der Waals surface area (Å²) in [7, 11) is -3.93. The van der Waals surface area contributed by atoms with Gasteiger partial charge in [0.25, 0.3) is 0 Å². The van der Waals surface area contributed by atoms with E-state index >= 15 is 0 Å². The molecule has 0 aromatic heterocycles. The van der Waals surface area contributed by atoms with Gasteiger partial charge in [0, 0.05) is 16.6 Å². The highest BCUT2D eigenvalue weighted by Crippen LogP contribution is 2.23. The van der Waals surface area contributed by atoms with Gasteiger partial charge in [0.15, 0.2) is 0 Å². The second kappa shape index (κ2) is 8.67. The molecule has 0 N–H and O–H groups in total. The summed E-state index contributed by atoms with van der Waals surface area (Å²) in [5, 5.41) is 0.838. The topological polar surface area (TPSA) is 63.7 Å². The van der Waals surface area contributed by atoms with Crippen LogP contribution in [0.5, 0.6) is 0 Å². The Morgan fingerprint density at radius 2 is 1.72 bits per heavy atom. The van der Waals surface area contributed by atoms with E-state index in [1.165, 1.54) is 24.3 Å². The Morgan fingerprint density at radius 3 is 2.32 bits per heavy atom. The number of hydrogen-bond acceptors (Lipinski definition) is 4. The van der Waals surface area contributed by atoms with Gasteiger partial charge >= 0.3 is 5.97 Å². The highest BCUT2D eigenvalue weighted by atomic mass is 35.5. The summed E-state index contributed by atoms with van der Waals surface area (Å²) in [6, 6.07) is 12.6. The van der Waals surface area contributed by atoms with Crippen molar-refractivity contribution in [3.05, 3.63) is 64.1 Å². The third-order valence-electron chi connectivity index (χ3n) is 3.37. The molecule has 0 fully saturated rings.